The topological polar surface area (TPSA) is 38.7 Å². The lowest BCUT2D eigenvalue weighted by Crippen LogP contribution is -2.02. The molecule has 64 valence electrons. The van der Waals surface area contributed by atoms with Gasteiger partial charge in [0.15, 0.2) is 0 Å². The molecule has 3 nitrogen and oxygen atoms in total. The summed E-state index contributed by atoms with van der Waals surface area (Å²) in [7, 11) is 1.37. The van der Waals surface area contributed by atoms with Crippen LogP contribution in [0.5, 0.6) is 0 Å². The number of allylic oxidation sites excluding steroid dienone is 1. The summed E-state index contributed by atoms with van der Waals surface area (Å²) in [6.07, 6.45) is 5.27. The highest BCUT2D eigenvalue weighted by atomic mass is 16.5. The number of hydrogen-bond donors (Lipinski definition) is 0. The van der Waals surface area contributed by atoms with Gasteiger partial charge in [-0.3, -0.25) is 4.99 Å². The third-order valence-corrected chi connectivity index (χ3v) is 1.58. The minimum Gasteiger partial charge on any atom is -0.465 e. The third-order valence-electron chi connectivity index (χ3n) is 1.58. The second kappa shape index (κ2) is 3.85. The van der Waals surface area contributed by atoms with Gasteiger partial charge in [-0.1, -0.05) is 0 Å². The molecule has 0 aliphatic carbocycles. The SMILES string of the molecule is COC(=O)C1=CCN=C(C)C=C1. The molecule has 0 N–H and O–H groups in total. The second-order valence-electron chi connectivity index (χ2n) is 2.47. The van der Waals surface area contributed by atoms with Gasteiger partial charge in [0.1, 0.15) is 0 Å². The van der Waals surface area contributed by atoms with Crippen molar-refractivity contribution in [2.45, 2.75) is 6.92 Å². The fourth-order valence-electron chi connectivity index (χ4n) is 0.888. The van der Waals surface area contributed by atoms with E-state index in [2.05, 4.69) is 9.73 Å². The van der Waals surface area contributed by atoms with E-state index in [0.29, 0.717) is 12.1 Å². The van der Waals surface area contributed by atoms with Gasteiger partial charge in [-0.25, -0.2) is 4.79 Å². The Morgan fingerprint density at radius 1 is 1.58 bits per heavy atom. The van der Waals surface area contributed by atoms with Crippen LogP contribution in [0.1, 0.15) is 6.92 Å². The summed E-state index contributed by atoms with van der Waals surface area (Å²) in [4.78, 5) is 15.2. The van der Waals surface area contributed by atoms with Crippen molar-refractivity contribution in [2.24, 2.45) is 4.99 Å². The monoisotopic (exact) mass is 165 g/mol. The Balaban J connectivity index is 2.77. The first-order valence-electron chi connectivity index (χ1n) is 3.71. The van der Waals surface area contributed by atoms with Crippen LogP contribution in [0.2, 0.25) is 0 Å². The van der Waals surface area contributed by atoms with E-state index >= 15 is 0 Å². The number of rotatable bonds is 1. The molecule has 0 saturated carbocycles. The van der Waals surface area contributed by atoms with Crippen molar-refractivity contribution in [3.63, 3.8) is 0 Å². The van der Waals surface area contributed by atoms with Crippen LogP contribution in [0, 0.1) is 0 Å². The van der Waals surface area contributed by atoms with Gasteiger partial charge in [-0.05, 0) is 25.2 Å². The van der Waals surface area contributed by atoms with E-state index in [9.17, 15) is 4.79 Å². The fourth-order valence-corrected chi connectivity index (χ4v) is 0.888. The number of aliphatic imine (C=N–C) groups is 1. The van der Waals surface area contributed by atoms with Gasteiger partial charge >= 0.3 is 5.97 Å². The summed E-state index contributed by atoms with van der Waals surface area (Å²) < 4.78 is 4.57. The van der Waals surface area contributed by atoms with Crippen molar-refractivity contribution in [1.29, 1.82) is 0 Å². The van der Waals surface area contributed by atoms with Gasteiger partial charge in [-0.15, -0.1) is 0 Å². The van der Waals surface area contributed by atoms with Crippen LogP contribution >= 0.6 is 0 Å². The molecule has 0 spiro atoms. The highest BCUT2D eigenvalue weighted by molar-refractivity contribution is 5.98. The van der Waals surface area contributed by atoms with Crippen molar-refractivity contribution < 1.29 is 9.53 Å². The van der Waals surface area contributed by atoms with Crippen molar-refractivity contribution in [1.82, 2.24) is 0 Å². The molecule has 0 amide bonds. The maximum absolute atomic E-state index is 11.0. The molecule has 1 heterocycles. The number of carbonyl (C=O) groups excluding carboxylic acids is 1. The first-order chi connectivity index (χ1) is 5.74. The summed E-state index contributed by atoms with van der Waals surface area (Å²) >= 11 is 0. The number of hydrogen-bond acceptors (Lipinski definition) is 3. The molecule has 0 aromatic carbocycles. The van der Waals surface area contributed by atoms with Crippen molar-refractivity contribution in [2.75, 3.05) is 13.7 Å². The van der Waals surface area contributed by atoms with Crippen LogP contribution in [0.15, 0.2) is 28.8 Å². The number of ether oxygens (including phenoxy) is 1. The maximum atomic E-state index is 11.0. The minimum atomic E-state index is -0.309. The Labute approximate surface area is 71.4 Å². The van der Waals surface area contributed by atoms with Crippen LogP contribution in [0.4, 0.5) is 0 Å². The Kier molecular flexibility index (Phi) is 2.80. The average Bonchev–Trinajstić information content (AvgIpc) is 2.29. The van der Waals surface area contributed by atoms with Gasteiger partial charge in [0, 0.05) is 5.71 Å². The van der Waals surface area contributed by atoms with E-state index in [-0.39, 0.29) is 5.97 Å². The zero-order valence-corrected chi connectivity index (χ0v) is 7.20. The van der Waals surface area contributed by atoms with Crippen LogP contribution in [0.3, 0.4) is 0 Å². The van der Waals surface area contributed by atoms with Crippen LogP contribution in [0.25, 0.3) is 0 Å². The van der Waals surface area contributed by atoms with Crippen LogP contribution in [-0.4, -0.2) is 25.3 Å². The molecule has 0 radical (unpaired) electrons. The molecule has 1 aliphatic heterocycles. The second-order valence-corrected chi connectivity index (χ2v) is 2.47. The standard InChI is InChI=1S/C9H11NO2/c1-7-3-4-8(5-6-10-7)9(11)12-2/h3-5H,6H2,1-2H3. The minimum absolute atomic E-state index is 0.309. The predicted molar refractivity (Wildman–Crippen MR) is 47.2 cm³/mol. The molecule has 0 fully saturated rings. The molecule has 0 aromatic heterocycles. The summed E-state index contributed by atoms with van der Waals surface area (Å²) in [6.45, 7) is 2.44. The Morgan fingerprint density at radius 2 is 2.33 bits per heavy atom. The van der Waals surface area contributed by atoms with Crippen LogP contribution in [-0.2, 0) is 9.53 Å². The van der Waals surface area contributed by atoms with Crippen LogP contribution < -0.4 is 0 Å². The van der Waals surface area contributed by atoms with E-state index < -0.39 is 0 Å². The summed E-state index contributed by atoms with van der Waals surface area (Å²) in [6, 6.07) is 0. The third kappa shape index (κ3) is 2.05. The summed E-state index contributed by atoms with van der Waals surface area (Å²) in [5, 5.41) is 0. The molecule has 0 aromatic rings. The molecule has 0 unspecified atom stereocenters. The summed E-state index contributed by atoms with van der Waals surface area (Å²) in [5.74, 6) is -0.309. The lowest BCUT2D eigenvalue weighted by molar-refractivity contribution is -0.135. The smallest absolute Gasteiger partial charge is 0.337 e. The molecule has 0 atom stereocenters. The van der Waals surface area contributed by atoms with E-state index in [0.717, 1.165) is 5.71 Å². The zero-order valence-electron chi connectivity index (χ0n) is 7.20. The lowest BCUT2D eigenvalue weighted by Gasteiger charge is -1.96. The summed E-state index contributed by atoms with van der Waals surface area (Å²) in [5.41, 5.74) is 1.49. The van der Waals surface area contributed by atoms with Crippen molar-refractivity contribution in [3.8, 4) is 0 Å². The fraction of sp³-hybridized carbons (Fsp3) is 0.333. The molecule has 0 bridgehead atoms. The van der Waals surface area contributed by atoms with Crippen molar-refractivity contribution >= 4 is 11.7 Å². The maximum Gasteiger partial charge on any atom is 0.337 e. The molecule has 0 saturated heterocycles. The molecule has 1 rings (SSSR count). The Bertz CT molecular complexity index is 274. The quantitative estimate of drug-likeness (QED) is 0.546. The molecule has 3 heteroatoms. The van der Waals surface area contributed by atoms with E-state index in [1.807, 2.05) is 6.92 Å². The average molecular weight is 165 g/mol. The van der Waals surface area contributed by atoms with Crippen molar-refractivity contribution in [3.05, 3.63) is 23.8 Å². The van der Waals surface area contributed by atoms with Gasteiger partial charge in [-0.2, -0.15) is 0 Å². The number of carbonyl (C=O) groups is 1. The largest absolute Gasteiger partial charge is 0.465 e. The van der Waals surface area contributed by atoms with Gasteiger partial charge < -0.3 is 4.74 Å². The Hall–Kier alpha value is -1.38. The lowest BCUT2D eigenvalue weighted by atomic mass is 10.2. The highest BCUT2D eigenvalue weighted by Crippen LogP contribution is 2.03. The zero-order chi connectivity index (χ0) is 8.97. The molecular formula is C9H11NO2. The number of nitrogens with zero attached hydrogens (tertiary/aromatic N) is 1. The van der Waals surface area contributed by atoms with Gasteiger partial charge in [0.05, 0.1) is 19.2 Å². The normalized spacial score (nSPS) is 16.2. The van der Waals surface area contributed by atoms with Gasteiger partial charge in [0.25, 0.3) is 0 Å². The predicted octanol–water partition coefficient (Wildman–Crippen LogP) is 1.12. The van der Waals surface area contributed by atoms with E-state index in [1.54, 1.807) is 18.2 Å². The number of esters is 1. The first kappa shape index (κ1) is 8.71. The van der Waals surface area contributed by atoms with E-state index in [1.165, 1.54) is 7.11 Å². The van der Waals surface area contributed by atoms with Gasteiger partial charge in [0.2, 0.25) is 0 Å². The first-order valence-corrected chi connectivity index (χ1v) is 3.71. The molecule has 12 heavy (non-hydrogen) atoms. The molecule has 1 aliphatic rings. The molecular weight excluding hydrogens is 154 g/mol. The highest BCUT2D eigenvalue weighted by Gasteiger charge is 2.06. The Morgan fingerprint density at radius 3 is 3.00 bits per heavy atom. The van der Waals surface area contributed by atoms with E-state index in [4.69, 9.17) is 0 Å². The number of methoxy groups -OCH3 is 1.